The third kappa shape index (κ3) is 4.45. The summed E-state index contributed by atoms with van der Waals surface area (Å²) < 4.78 is 2.93. The van der Waals surface area contributed by atoms with E-state index in [0.717, 1.165) is 10.0 Å². The van der Waals surface area contributed by atoms with Gasteiger partial charge in [-0.1, -0.05) is 57.5 Å². The minimum atomic E-state index is -0.135. The first-order valence-corrected chi connectivity index (χ1v) is 10.4. The van der Waals surface area contributed by atoms with Crippen molar-refractivity contribution in [2.75, 3.05) is 0 Å². The Balaban J connectivity index is 2.07. The number of hydrogen-bond acceptors (Lipinski definition) is 3. The predicted molar refractivity (Wildman–Crippen MR) is 119 cm³/mol. The monoisotopic (exact) mass is 502 g/mol. The molecular formula is C22H20Br2N2O2. The third-order valence-corrected chi connectivity index (χ3v) is 5.92. The van der Waals surface area contributed by atoms with Crippen LogP contribution >= 0.6 is 31.9 Å². The molecule has 3 rings (SSSR count). The molecule has 0 radical (unpaired) electrons. The van der Waals surface area contributed by atoms with Gasteiger partial charge >= 0.3 is 0 Å². The summed E-state index contributed by atoms with van der Waals surface area (Å²) in [6, 6.07) is 18.1. The zero-order chi connectivity index (χ0) is 20.3. The molecule has 0 aliphatic heterocycles. The van der Waals surface area contributed by atoms with E-state index >= 15 is 0 Å². The first kappa shape index (κ1) is 20.6. The molecule has 0 fully saturated rings. The number of pyridine rings is 1. The summed E-state index contributed by atoms with van der Waals surface area (Å²) >= 11 is 6.78. The zero-order valence-corrected chi connectivity index (χ0v) is 18.7. The second-order valence-corrected chi connectivity index (χ2v) is 8.47. The average Bonchev–Trinajstić information content (AvgIpc) is 2.68. The molecule has 1 aromatic heterocycles. The van der Waals surface area contributed by atoms with Crippen LogP contribution in [0.1, 0.15) is 34.6 Å². The maximum atomic E-state index is 12.0. The summed E-state index contributed by atoms with van der Waals surface area (Å²) in [4.78, 5) is 12.0. The molecule has 0 saturated carbocycles. The minimum absolute atomic E-state index is 0.0104. The van der Waals surface area contributed by atoms with Crippen LogP contribution in [0.5, 0.6) is 0 Å². The largest absolute Gasteiger partial charge is 0.411 e. The van der Waals surface area contributed by atoms with Crippen molar-refractivity contribution in [2.24, 2.45) is 12.2 Å². The predicted octanol–water partition coefficient (Wildman–Crippen LogP) is 5.62. The lowest BCUT2D eigenvalue weighted by molar-refractivity contribution is 0.317. The van der Waals surface area contributed by atoms with Gasteiger partial charge in [-0.2, -0.15) is 0 Å². The van der Waals surface area contributed by atoms with E-state index in [9.17, 15) is 10.0 Å². The molecule has 1 unspecified atom stereocenters. The second kappa shape index (κ2) is 8.88. The van der Waals surface area contributed by atoms with E-state index in [2.05, 4.69) is 68.2 Å². The lowest BCUT2D eigenvalue weighted by Crippen LogP contribution is -2.20. The summed E-state index contributed by atoms with van der Waals surface area (Å²) in [5, 5.41) is 13.3. The SMILES string of the molecule is Cc1ccccc1C(CC(=NO)c1cc(Br)c(=O)n(C)c1)c1ccc(Br)cc1. The van der Waals surface area contributed by atoms with Crippen molar-refractivity contribution in [2.45, 2.75) is 19.3 Å². The summed E-state index contributed by atoms with van der Waals surface area (Å²) in [6.45, 7) is 2.08. The Morgan fingerprint density at radius 3 is 2.43 bits per heavy atom. The van der Waals surface area contributed by atoms with E-state index < -0.39 is 0 Å². The quantitative estimate of drug-likeness (QED) is 0.279. The minimum Gasteiger partial charge on any atom is -0.411 e. The van der Waals surface area contributed by atoms with Crippen LogP contribution in [0.2, 0.25) is 0 Å². The number of halogens is 2. The smallest absolute Gasteiger partial charge is 0.264 e. The lowest BCUT2D eigenvalue weighted by atomic mass is 9.83. The van der Waals surface area contributed by atoms with Crippen molar-refractivity contribution < 1.29 is 5.21 Å². The van der Waals surface area contributed by atoms with Gasteiger partial charge in [0.15, 0.2) is 0 Å². The number of oxime groups is 1. The Kier molecular flexibility index (Phi) is 6.52. The first-order valence-electron chi connectivity index (χ1n) is 8.79. The van der Waals surface area contributed by atoms with E-state index in [1.54, 1.807) is 19.3 Å². The Morgan fingerprint density at radius 1 is 1.14 bits per heavy atom. The Hall–Kier alpha value is -2.18. The van der Waals surface area contributed by atoms with Crippen molar-refractivity contribution >= 4 is 37.6 Å². The van der Waals surface area contributed by atoms with Gasteiger partial charge in [-0.25, -0.2) is 0 Å². The Bertz CT molecular complexity index is 1050. The second-order valence-electron chi connectivity index (χ2n) is 6.70. The fourth-order valence-electron chi connectivity index (χ4n) is 3.32. The van der Waals surface area contributed by atoms with Gasteiger partial charge in [-0.3, -0.25) is 4.79 Å². The number of benzene rings is 2. The summed E-state index contributed by atoms with van der Waals surface area (Å²) in [7, 11) is 1.68. The van der Waals surface area contributed by atoms with Gasteiger partial charge in [0.1, 0.15) is 0 Å². The highest BCUT2D eigenvalue weighted by molar-refractivity contribution is 9.10. The maximum absolute atomic E-state index is 12.0. The van der Waals surface area contributed by atoms with Gasteiger partial charge in [-0.15, -0.1) is 0 Å². The summed E-state index contributed by atoms with van der Waals surface area (Å²) in [6.07, 6.45) is 2.19. The van der Waals surface area contributed by atoms with E-state index in [0.29, 0.717) is 22.2 Å². The van der Waals surface area contributed by atoms with Crippen molar-refractivity contribution in [3.8, 4) is 0 Å². The van der Waals surface area contributed by atoms with Crippen LogP contribution in [0.25, 0.3) is 0 Å². The standard InChI is InChI=1S/C22H20Br2N2O2/c1-14-5-3-4-6-18(14)19(15-7-9-17(23)10-8-15)12-21(25-28)16-11-20(24)22(27)26(2)13-16/h3-11,13,19,28H,12H2,1-2H3. The topological polar surface area (TPSA) is 54.6 Å². The molecule has 0 amide bonds. The summed E-state index contributed by atoms with van der Waals surface area (Å²) in [5.74, 6) is 0.0104. The van der Waals surface area contributed by atoms with Gasteiger partial charge in [0.25, 0.3) is 5.56 Å². The molecule has 28 heavy (non-hydrogen) atoms. The van der Waals surface area contributed by atoms with Crippen LogP contribution in [0.15, 0.2) is 79.7 Å². The molecule has 0 aliphatic carbocycles. The summed E-state index contributed by atoms with van der Waals surface area (Å²) in [5.41, 5.74) is 4.57. The third-order valence-electron chi connectivity index (χ3n) is 4.83. The van der Waals surface area contributed by atoms with Crippen LogP contribution in [-0.2, 0) is 7.05 Å². The molecule has 2 aromatic carbocycles. The fourth-order valence-corrected chi connectivity index (χ4v) is 4.11. The van der Waals surface area contributed by atoms with Crippen molar-refractivity contribution in [1.82, 2.24) is 4.57 Å². The lowest BCUT2D eigenvalue weighted by Gasteiger charge is -2.21. The molecule has 3 aromatic rings. The Morgan fingerprint density at radius 2 is 1.82 bits per heavy atom. The molecule has 4 nitrogen and oxygen atoms in total. The van der Waals surface area contributed by atoms with Crippen molar-refractivity contribution in [3.05, 3.63) is 102 Å². The molecule has 6 heteroatoms. The highest BCUT2D eigenvalue weighted by Gasteiger charge is 2.21. The number of hydrogen-bond donors (Lipinski definition) is 1. The highest BCUT2D eigenvalue weighted by atomic mass is 79.9. The number of nitrogens with zero attached hydrogens (tertiary/aromatic N) is 2. The average molecular weight is 504 g/mol. The van der Waals surface area contributed by atoms with Crippen LogP contribution in [-0.4, -0.2) is 15.5 Å². The maximum Gasteiger partial charge on any atom is 0.264 e. The van der Waals surface area contributed by atoms with Gasteiger partial charge in [0, 0.05) is 35.6 Å². The van der Waals surface area contributed by atoms with E-state index in [4.69, 9.17) is 0 Å². The molecular weight excluding hydrogens is 484 g/mol. The number of aromatic nitrogens is 1. The molecule has 1 N–H and O–H groups in total. The molecule has 144 valence electrons. The van der Waals surface area contributed by atoms with Crippen LogP contribution in [0.4, 0.5) is 0 Å². The number of rotatable bonds is 5. The molecule has 0 saturated heterocycles. The van der Waals surface area contributed by atoms with Crippen molar-refractivity contribution in [3.63, 3.8) is 0 Å². The van der Waals surface area contributed by atoms with E-state index in [1.165, 1.54) is 15.7 Å². The van der Waals surface area contributed by atoms with Crippen LogP contribution < -0.4 is 5.56 Å². The Labute approximate surface area is 180 Å². The molecule has 1 heterocycles. The molecule has 0 bridgehead atoms. The van der Waals surface area contributed by atoms with Gasteiger partial charge < -0.3 is 9.77 Å². The van der Waals surface area contributed by atoms with E-state index in [-0.39, 0.29) is 11.5 Å². The van der Waals surface area contributed by atoms with E-state index in [1.807, 2.05) is 24.3 Å². The molecule has 0 aliphatic rings. The van der Waals surface area contributed by atoms with Crippen LogP contribution in [0, 0.1) is 6.92 Å². The van der Waals surface area contributed by atoms with Gasteiger partial charge in [-0.05, 0) is 57.7 Å². The van der Waals surface area contributed by atoms with Gasteiger partial charge in [0.2, 0.25) is 0 Å². The number of aryl methyl sites for hydroxylation is 2. The van der Waals surface area contributed by atoms with Crippen LogP contribution in [0.3, 0.4) is 0 Å². The molecule has 0 spiro atoms. The fraction of sp³-hybridized carbons (Fsp3) is 0.182. The zero-order valence-electron chi connectivity index (χ0n) is 15.6. The van der Waals surface area contributed by atoms with Crippen molar-refractivity contribution in [1.29, 1.82) is 0 Å². The normalized spacial score (nSPS) is 12.8. The van der Waals surface area contributed by atoms with Gasteiger partial charge in [0.05, 0.1) is 10.2 Å². The highest BCUT2D eigenvalue weighted by Crippen LogP contribution is 2.32. The molecule has 1 atom stereocenters. The first-order chi connectivity index (χ1) is 13.4.